The van der Waals surface area contributed by atoms with E-state index in [0.29, 0.717) is 0 Å². The second kappa shape index (κ2) is 15.0. The number of hydrogen-bond donors (Lipinski definition) is 0. The number of hydrogen-bond acceptors (Lipinski definition) is 0. The van der Waals surface area contributed by atoms with E-state index in [1.54, 1.807) is 0 Å². The molecular weight excluding hydrogens is 408 g/mol. The zero-order valence-electron chi connectivity index (χ0n) is 10.4. The quantitative estimate of drug-likeness (QED) is 0.186. The van der Waals surface area contributed by atoms with E-state index in [2.05, 4.69) is 66.0 Å². The van der Waals surface area contributed by atoms with Crippen molar-refractivity contribution in [2.45, 2.75) is 57.8 Å². The van der Waals surface area contributed by atoms with Gasteiger partial charge in [-0.15, -0.1) is 0 Å². The second-order valence-corrected chi connectivity index (χ2v) is 7.59. The minimum Gasteiger partial charge on any atom is -0.0883 e. The van der Waals surface area contributed by atoms with Gasteiger partial charge in [0, 0.05) is 5.33 Å². The highest BCUT2D eigenvalue weighted by Crippen LogP contribution is 2.16. The number of unbranched alkanes of at least 4 members (excludes halogenated alkanes) is 8. The van der Waals surface area contributed by atoms with Crippen LogP contribution in [0.3, 0.4) is 0 Å². The molecule has 0 unspecified atom stereocenters. The molecule has 0 rings (SSSR count). The van der Waals surface area contributed by atoms with Crippen molar-refractivity contribution in [2.24, 2.45) is 0 Å². The highest BCUT2D eigenvalue weighted by Gasteiger charge is 1.91. The molecule has 0 aliphatic carbocycles. The standard InChI is InChI=1S/C14H23Br3/c15-13-11-9-7-5-3-1-2-4-6-8-10-12-14(16)17/h9,11-12H,1-8,10,13H2/b11-9+. The van der Waals surface area contributed by atoms with Crippen LogP contribution in [0.25, 0.3) is 0 Å². The van der Waals surface area contributed by atoms with Gasteiger partial charge < -0.3 is 0 Å². The van der Waals surface area contributed by atoms with E-state index in [-0.39, 0.29) is 0 Å². The molecule has 0 spiro atoms. The number of halogens is 3. The molecule has 0 saturated carbocycles. The highest BCUT2D eigenvalue weighted by atomic mass is 79.9. The van der Waals surface area contributed by atoms with E-state index in [1.807, 2.05) is 0 Å². The molecule has 0 aromatic heterocycles. The maximum absolute atomic E-state index is 3.39. The van der Waals surface area contributed by atoms with E-state index in [0.717, 1.165) is 8.72 Å². The predicted molar refractivity (Wildman–Crippen MR) is 90.4 cm³/mol. The van der Waals surface area contributed by atoms with Gasteiger partial charge in [0.15, 0.2) is 0 Å². The average molecular weight is 431 g/mol. The summed E-state index contributed by atoms with van der Waals surface area (Å²) in [5, 5.41) is 0.992. The van der Waals surface area contributed by atoms with Crippen LogP contribution in [0.2, 0.25) is 0 Å². The Bertz CT molecular complexity index is 206. The molecule has 0 amide bonds. The summed E-state index contributed by atoms with van der Waals surface area (Å²) in [6, 6.07) is 0. The van der Waals surface area contributed by atoms with E-state index in [4.69, 9.17) is 0 Å². The van der Waals surface area contributed by atoms with Crippen LogP contribution >= 0.6 is 47.8 Å². The molecule has 0 radical (unpaired) electrons. The summed E-state index contributed by atoms with van der Waals surface area (Å²) >= 11 is 10.1. The largest absolute Gasteiger partial charge is 0.0883 e. The molecule has 0 saturated heterocycles. The zero-order chi connectivity index (χ0) is 12.8. The number of rotatable bonds is 11. The third-order valence-electron chi connectivity index (χ3n) is 2.63. The molecular formula is C14H23Br3. The van der Waals surface area contributed by atoms with Crippen molar-refractivity contribution in [1.29, 1.82) is 0 Å². The van der Waals surface area contributed by atoms with Crippen LogP contribution in [-0.4, -0.2) is 5.33 Å². The van der Waals surface area contributed by atoms with Gasteiger partial charge in [0.1, 0.15) is 0 Å². The van der Waals surface area contributed by atoms with E-state index >= 15 is 0 Å². The van der Waals surface area contributed by atoms with Crippen molar-refractivity contribution in [2.75, 3.05) is 5.33 Å². The molecule has 0 heterocycles. The van der Waals surface area contributed by atoms with Crippen molar-refractivity contribution in [3.8, 4) is 0 Å². The maximum Gasteiger partial charge on any atom is 0.0564 e. The van der Waals surface area contributed by atoms with Crippen LogP contribution in [0.4, 0.5) is 0 Å². The molecule has 17 heavy (non-hydrogen) atoms. The summed E-state index contributed by atoms with van der Waals surface area (Å²) < 4.78 is 1.08. The Balaban J connectivity index is 3.04. The minimum absolute atomic E-state index is 0.992. The highest BCUT2D eigenvalue weighted by molar-refractivity contribution is 9.28. The van der Waals surface area contributed by atoms with Crippen LogP contribution in [0.5, 0.6) is 0 Å². The lowest BCUT2D eigenvalue weighted by Crippen LogP contribution is -1.80. The first kappa shape index (κ1) is 17.9. The van der Waals surface area contributed by atoms with Crippen LogP contribution in [0, 0.1) is 0 Å². The smallest absolute Gasteiger partial charge is 0.0564 e. The Morgan fingerprint density at radius 3 is 1.76 bits per heavy atom. The number of allylic oxidation sites excluding steroid dienone is 3. The Labute approximate surface area is 132 Å². The normalized spacial score (nSPS) is 11.0. The van der Waals surface area contributed by atoms with Crippen molar-refractivity contribution in [3.05, 3.63) is 21.6 Å². The van der Waals surface area contributed by atoms with Crippen molar-refractivity contribution < 1.29 is 0 Å². The van der Waals surface area contributed by atoms with Gasteiger partial charge >= 0.3 is 0 Å². The monoisotopic (exact) mass is 428 g/mol. The molecule has 0 aliphatic rings. The van der Waals surface area contributed by atoms with Crippen molar-refractivity contribution >= 4 is 47.8 Å². The fourth-order valence-electron chi connectivity index (χ4n) is 1.68. The van der Waals surface area contributed by atoms with Gasteiger partial charge in [-0.2, -0.15) is 0 Å². The van der Waals surface area contributed by atoms with Crippen molar-refractivity contribution in [1.82, 2.24) is 0 Å². The molecule has 0 atom stereocenters. The SMILES string of the molecule is BrC/C=C/CCCCCCCCCC=C(Br)Br. The molecule has 0 bridgehead atoms. The van der Waals surface area contributed by atoms with Gasteiger partial charge in [-0.3, -0.25) is 0 Å². The summed E-state index contributed by atoms with van der Waals surface area (Å²) in [7, 11) is 0. The van der Waals surface area contributed by atoms with E-state index in [1.165, 1.54) is 57.8 Å². The average Bonchev–Trinajstić information content (AvgIpc) is 2.30. The summed E-state index contributed by atoms with van der Waals surface area (Å²) in [5.41, 5.74) is 0. The predicted octanol–water partition coefficient (Wildman–Crippen LogP) is 7.08. The fourth-order valence-corrected chi connectivity index (χ4v) is 2.40. The first-order valence-corrected chi connectivity index (χ1v) is 9.20. The first-order chi connectivity index (χ1) is 8.27. The molecule has 0 nitrogen and oxygen atoms in total. The van der Waals surface area contributed by atoms with Gasteiger partial charge in [-0.25, -0.2) is 0 Å². The van der Waals surface area contributed by atoms with Crippen LogP contribution in [0.15, 0.2) is 21.6 Å². The Hall–Kier alpha value is 0.920. The number of alkyl halides is 1. The van der Waals surface area contributed by atoms with Gasteiger partial charge in [0.05, 0.1) is 3.39 Å². The summed E-state index contributed by atoms with van der Waals surface area (Å²) in [5.74, 6) is 0. The second-order valence-electron chi connectivity index (χ2n) is 4.17. The molecule has 0 N–H and O–H groups in total. The van der Waals surface area contributed by atoms with Crippen LogP contribution in [-0.2, 0) is 0 Å². The fraction of sp³-hybridized carbons (Fsp3) is 0.714. The van der Waals surface area contributed by atoms with Crippen LogP contribution < -0.4 is 0 Å². The third-order valence-corrected chi connectivity index (χ3v) is 3.65. The zero-order valence-corrected chi connectivity index (χ0v) is 15.2. The lowest BCUT2D eigenvalue weighted by molar-refractivity contribution is 0.583. The van der Waals surface area contributed by atoms with Crippen LogP contribution in [0.1, 0.15) is 57.8 Å². The van der Waals surface area contributed by atoms with Gasteiger partial charge in [-0.05, 0) is 57.5 Å². The van der Waals surface area contributed by atoms with Gasteiger partial charge in [0.25, 0.3) is 0 Å². The summed E-state index contributed by atoms with van der Waals surface area (Å²) in [6.07, 6.45) is 18.7. The molecule has 3 heteroatoms. The molecule has 0 aromatic carbocycles. The Morgan fingerprint density at radius 1 is 0.706 bits per heavy atom. The summed E-state index contributed by atoms with van der Waals surface area (Å²) in [4.78, 5) is 0. The van der Waals surface area contributed by atoms with Gasteiger partial charge in [0.2, 0.25) is 0 Å². The topological polar surface area (TPSA) is 0 Å². The lowest BCUT2D eigenvalue weighted by atomic mass is 10.1. The molecule has 0 fully saturated rings. The Morgan fingerprint density at radius 2 is 1.24 bits per heavy atom. The van der Waals surface area contributed by atoms with E-state index in [9.17, 15) is 0 Å². The van der Waals surface area contributed by atoms with E-state index < -0.39 is 0 Å². The Kier molecular flexibility index (Phi) is 15.8. The molecule has 100 valence electrons. The lowest BCUT2D eigenvalue weighted by Gasteiger charge is -2.00. The molecule has 0 aliphatic heterocycles. The minimum atomic E-state index is 0.992. The van der Waals surface area contributed by atoms with Crippen molar-refractivity contribution in [3.63, 3.8) is 0 Å². The maximum atomic E-state index is 3.39. The molecule has 0 aromatic rings. The third kappa shape index (κ3) is 16.9. The summed E-state index contributed by atoms with van der Waals surface area (Å²) in [6.45, 7) is 0. The first-order valence-electron chi connectivity index (χ1n) is 6.49. The van der Waals surface area contributed by atoms with Gasteiger partial charge in [-0.1, -0.05) is 66.3 Å².